The monoisotopic (exact) mass is 398 g/mol. The van der Waals surface area contributed by atoms with E-state index in [1.54, 1.807) is 6.07 Å². The SMILES string of the molecule is CCS(=O)(=O)N(CC(=O)Nc1ccc(F)c(F)c1)c1ccc2c(c1)OCO2. The Labute approximate surface area is 154 Å². The number of carbonyl (C=O) groups excluding carboxylic acids is 1. The fraction of sp³-hybridized carbons (Fsp3) is 0.235. The molecule has 1 amide bonds. The van der Waals surface area contributed by atoms with Crippen LogP contribution in [0.2, 0.25) is 0 Å². The predicted molar refractivity (Wildman–Crippen MR) is 94.4 cm³/mol. The van der Waals surface area contributed by atoms with Crippen molar-refractivity contribution in [1.29, 1.82) is 0 Å². The van der Waals surface area contributed by atoms with Crippen molar-refractivity contribution in [3.05, 3.63) is 48.0 Å². The second-order valence-electron chi connectivity index (χ2n) is 5.62. The van der Waals surface area contributed by atoms with Crippen molar-refractivity contribution in [3.63, 3.8) is 0 Å². The Morgan fingerprint density at radius 1 is 1.11 bits per heavy atom. The van der Waals surface area contributed by atoms with Gasteiger partial charge in [-0.1, -0.05) is 0 Å². The molecule has 3 rings (SSSR count). The van der Waals surface area contributed by atoms with Crippen LogP contribution in [0.1, 0.15) is 6.92 Å². The quantitative estimate of drug-likeness (QED) is 0.808. The highest BCUT2D eigenvalue weighted by molar-refractivity contribution is 7.92. The molecule has 0 unspecified atom stereocenters. The lowest BCUT2D eigenvalue weighted by atomic mass is 10.2. The van der Waals surface area contributed by atoms with Gasteiger partial charge in [0.2, 0.25) is 22.7 Å². The van der Waals surface area contributed by atoms with Gasteiger partial charge < -0.3 is 14.8 Å². The number of ether oxygens (including phenoxy) is 2. The first kappa shape index (κ1) is 18.9. The van der Waals surface area contributed by atoms with Crippen LogP contribution in [0.4, 0.5) is 20.2 Å². The summed E-state index contributed by atoms with van der Waals surface area (Å²) in [5.41, 5.74) is 0.236. The Hall–Kier alpha value is -2.88. The zero-order valence-corrected chi connectivity index (χ0v) is 15.1. The van der Waals surface area contributed by atoms with Gasteiger partial charge in [0.15, 0.2) is 23.1 Å². The molecule has 144 valence electrons. The first-order valence-electron chi connectivity index (χ1n) is 7.95. The van der Waals surface area contributed by atoms with Crippen LogP contribution in [-0.2, 0) is 14.8 Å². The number of hydrogen-bond acceptors (Lipinski definition) is 5. The number of halogens is 2. The number of anilines is 2. The Morgan fingerprint density at radius 3 is 2.56 bits per heavy atom. The topological polar surface area (TPSA) is 84.9 Å². The van der Waals surface area contributed by atoms with Crippen molar-refractivity contribution in [1.82, 2.24) is 0 Å². The van der Waals surface area contributed by atoms with Crippen molar-refractivity contribution >= 4 is 27.3 Å². The number of sulfonamides is 1. The highest BCUT2D eigenvalue weighted by Crippen LogP contribution is 2.36. The van der Waals surface area contributed by atoms with E-state index in [1.165, 1.54) is 25.1 Å². The smallest absolute Gasteiger partial charge is 0.245 e. The van der Waals surface area contributed by atoms with Crippen molar-refractivity contribution < 1.29 is 31.5 Å². The lowest BCUT2D eigenvalue weighted by Crippen LogP contribution is -2.39. The van der Waals surface area contributed by atoms with Crippen molar-refractivity contribution in [3.8, 4) is 11.5 Å². The predicted octanol–water partition coefficient (Wildman–Crippen LogP) is 2.49. The molecular formula is C17H16F2N2O5S. The van der Waals surface area contributed by atoms with E-state index < -0.39 is 34.1 Å². The summed E-state index contributed by atoms with van der Waals surface area (Å²) in [5.74, 6) is -2.29. The Balaban J connectivity index is 1.83. The van der Waals surface area contributed by atoms with Crippen LogP contribution < -0.4 is 19.1 Å². The van der Waals surface area contributed by atoms with E-state index >= 15 is 0 Å². The first-order valence-corrected chi connectivity index (χ1v) is 9.56. The maximum atomic E-state index is 13.3. The van der Waals surface area contributed by atoms with Gasteiger partial charge in [0.25, 0.3) is 0 Å². The normalized spacial score (nSPS) is 12.7. The molecule has 1 aliphatic rings. The van der Waals surface area contributed by atoms with Gasteiger partial charge in [0, 0.05) is 17.8 Å². The highest BCUT2D eigenvalue weighted by Gasteiger charge is 2.26. The molecule has 7 nitrogen and oxygen atoms in total. The van der Waals surface area contributed by atoms with Crippen molar-refractivity contribution in [2.75, 3.05) is 28.7 Å². The van der Waals surface area contributed by atoms with E-state index in [-0.39, 0.29) is 23.9 Å². The van der Waals surface area contributed by atoms with E-state index in [2.05, 4.69) is 5.32 Å². The molecule has 1 N–H and O–H groups in total. The molecule has 0 aliphatic carbocycles. The molecule has 2 aromatic rings. The van der Waals surface area contributed by atoms with Crippen LogP contribution >= 0.6 is 0 Å². The van der Waals surface area contributed by atoms with E-state index in [1.807, 2.05) is 0 Å². The molecule has 0 saturated carbocycles. The van der Waals surface area contributed by atoms with Crippen LogP contribution in [-0.4, -0.2) is 33.4 Å². The Bertz CT molecular complexity index is 981. The fourth-order valence-corrected chi connectivity index (χ4v) is 3.51. The molecule has 0 spiro atoms. The molecule has 1 heterocycles. The molecule has 10 heteroatoms. The maximum Gasteiger partial charge on any atom is 0.245 e. The zero-order valence-electron chi connectivity index (χ0n) is 14.2. The van der Waals surface area contributed by atoms with Crippen molar-refractivity contribution in [2.24, 2.45) is 0 Å². The number of hydrogen-bond donors (Lipinski definition) is 1. The molecule has 0 radical (unpaired) electrons. The number of rotatable bonds is 6. The maximum absolute atomic E-state index is 13.3. The van der Waals surface area contributed by atoms with Gasteiger partial charge in [-0.05, 0) is 31.2 Å². The molecule has 0 aromatic heterocycles. The van der Waals surface area contributed by atoms with Gasteiger partial charge in [0.1, 0.15) is 6.54 Å². The number of carbonyl (C=O) groups is 1. The van der Waals surface area contributed by atoms with Crippen LogP contribution in [0, 0.1) is 11.6 Å². The number of nitrogens with zero attached hydrogens (tertiary/aromatic N) is 1. The molecular weight excluding hydrogens is 382 g/mol. The Kier molecular flexibility index (Phi) is 5.17. The summed E-state index contributed by atoms with van der Waals surface area (Å²) in [6.07, 6.45) is 0. The van der Waals surface area contributed by atoms with Crippen LogP contribution in [0.25, 0.3) is 0 Å². The average molecular weight is 398 g/mol. The third kappa shape index (κ3) is 4.11. The largest absolute Gasteiger partial charge is 0.454 e. The van der Waals surface area contributed by atoms with Gasteiger partial charge in [-0.25, -0.2) is 17.2 Å². The van der Waals surface area contributed by atoms with Gasteiger partial charge in [-0.3, -0.25) is 9.10 Å². The number of benzene rings is 2. The third-order valence-electron chi connectivity index (χ3n) is 3.84. The summed E-state index contributed by atoms with van der Waals surface area (Å²) >= 11 is 0. The van der Waals surface area contributed by atoms with Gasteiger partial charge >= 0.3 is 0 Å². The molecule has 2 aromatic carbocycles. The molecule has 1 aliphatic heterocycles. The van der Waals surface area contributed by atoms with Crippen LogP contribution in [0.3, 0.4) is 0 Å². The van der Waals surface area contributed by atoms with E-state index in [9.17, 15) is 22.0 Å². The summed E-state index contributed by atoms with van der Waals surface area (Å²) < 4.78 is 62.5. The first-order chi connectivity index (χ1) is 12.8. The zero-order chi connectivity index (χ0) is 19.6. The highest BCUT2D eigenvalue weighted by atomic mass is 32.2. The van der Waals surface area contributed by atoms with Crippen LogP contribution in [0.5, 0.6) is 11.5 Å². The van der Waals surface area contributed by atoms with Gasteiger partial charge in [-0.15, -0.1) is 0 Å². The molecule has 0 bridgehead atoms. The van der Waals surface area contributed by atoms with Gasteiger partial charge in [0.05, 0.1) is 11.4 Å². The van der Waals surface area contributed by atoms with E-state index in [0.29, 0.717) is 11.5 Å². The summed E-state index contributed by atoms with van der Waals surface area (Å²) in [6.45, 7) is 0.924. The lowest BCUT2D eigenvalue weighted by molar-refractivity contribution is -0.114. The van der Waals surface area contributed by atoms with E-state index in [4.69, 9.17) is 9.47 Å². The molecule has 0 fully saturated rings. The summed E-state index contributed by atoms with van der Waals surface area (Å²) in [5, 5.41) is 2.35. The van der Waals surface area contributed by atoms with Gasteiger partial charge in [-0.2, -0.15) is 0 Å². The number of amides is 1. The molecule has 0 saturated heterocycles. The average Bonchev–Trinajstić information content (AvgIpc) is 3.10. The number of nitrogens with one attached hydrogen (secondary N) is 1. The summed E-state index contributed by atoms with van der Waals surface area (Å²) in [6, 6.07) is 7.35. The number of fused-ring (bicyclic) bond motifs is 1. The Morgan fingerprint density at radius 2 is 1.85 bits per heavy atom. The minimum atomic E-state index is -3.79. The summed E-state index contributed by atoms with van der Waals surface area (Å²) in [7, 11) is -3.79. The minimum absolute atomic E-state index is 0.0124. The second kappa shape index (κ2) is 7.39. The minimum Gasteiger partial charge on any atom is -0.454 e. The van der Waals surface area contributed by atoms with Crippen LogP contribution in [0.15, 0.2) is 36.4 Å². The lowest BCUT2D eigenvalue weighted by Gasteiger charge is -2.23. The van der Waals surface area contributed by atoms with Crippen molar-refractivity contribution in [2.45, 2.75) is 6.92 Å². The third-order valence-corrected chi connectivity index (χ3v) is 5.58. The van der Waals surface area contributed by atoms with E-state index in [0.717, 1.165) is 16.4 Å². The molecule has 0 atom stereocenters. The molecule has 27 heavy (non-hydrogen) atoms. The fourth-order valence-electron chi connectivity index (χ4n) is 2.45. The second-order valence-corrected chi connectivity index (χ2v) is 7.80. The standard InChI is InChI=1S/C17H16F2N2O5S/c1-2-27(23,24)21(12-4-6-15-16(8-12)26-10-25-15)9-17(22)20-11-3-5-13(18)14(19)7-11/h3-8H,2,9-10H2,1H3,(H,20,22). The summed E-state index contributed by atoms with van der Waals surface area (Å²) in [4.78, 5) is 12.3.